The fourth-order valence-corrected chi connectivity index (χ4v) is 5.84. The van der Waals surface area contributed by atoms with Crippen LogP contribution in [0.15, 0.2) is 34.0 Å². The zero-order valence-corrected chi connectivity index (χ0v) is 21.5. The molecule has 2 saturated heterocycles. The normalized spacial score (nSPS) is 17.7. The second-order valence-corrected chi connectivity index (χ2v) is 10.4. The first-order chi connectivity index (χ1) is 16.8. The first kappa shape index (κ1) is 25.1. The highest BCUT2D eigenvalue weighted by atomic mass is 32.2. The summed E-state index contributed by atoms with van der Waals surface area (Å²) in [6, 6.07) is 8.06. The molecule has 0 radical (unpaired) electrons. The molecule has 6 nitrogen and oxygen atoms in total. The first-order valence-electron chi connectivity index (χ1n) is 11.8. The van der Waals surface area contributed by atoms with Gasteiger partial charge in [-0.3, -0.25) is 19.1 Å². The van der Waals surface area contributed by atoms with Crippen molar-refractivity contribution < 1.29 is 9.18 Å². The number of thioether (sulfide) groups is 1. The number of nitrogens with zero attached hydrogens (tertiary/aromatic N) is 4. The van der Waals surface area contributed by atoms with Gasteiger partial charge in [-0.2, -0.15) is 5.26 Å². The molecule has 0 unspecified atom stereocenters. The molecule has 4 rings (SSSR count). The Morgan fingerprint density at radius 1 is 1.14 bits per heavy atom. The standard InChI is InChI=1S/C26H27FN4O2S2/c1-3-30-23(29-12-6-4-5-7-13-29)20(17(2)21(15-28)24(30)32)14-22-25(33)31(26(34)35-22)16-18-8-10-19(27)11-9-18/h8-11,14H,3-7,12-13,16H2,1-2H3/b22-14+. The minimum atomic E-state index is -0.338. The Balaban J connectivity index is 1.79. The van der Waals surface area contributed by atoms with Crippen LogP contribution in [-0.2, 0) is 17.9 Å². The minimum absolute atomic E-state index is 0.0958. The van der Waals surface area contributed by atoms with Crippen molar-refractivity contribution in [2.24, 2.45) is 0 Å². The van der Waals surface area contributed by atoms with Gasteiger partial charge >= 0.3 is 0 Å². The lowest BCUT2D eigenvalue weighted by Crippen LogP contribution is -2.35. The summed E-state index contributed by atoms with van der Waals surface area (Å²) in [5.41, 5.74) is 1.86. The maximum Gasteiger partial charge on any atom is 0.270 e. The highest BCUT2D eigenvalue weighted by Gasteiger charge is 2.33. The molecule has 2 fully saturated rings. The number of thiocarbonyl (C=S) groups is 1. The molecule has 0 bridgehead atoms. The number of aromatic nitrogens is 1. The maximum absolute atomic E-state index is 13.3. The smallest absolute Gasteiger partial charge is 0.270 e. The summed E-state index contributed by atoms with van der Waals surface area (Å²) in [4.78, 5) is 30.7. The number of benzene rings is 1. The molecule has 0 saturated carbocycles. The van der Waals surface area contributed by atoms with Gasteiger partial charge in [0.15, 0.2) is 0 Å². The SMILES string of the molecule is CCn1c(N2CCCCCC2)c(/C=C2/SC(=S)N(Cc3ccc(F)cc3)C2=O)c(C)c(C#N)c1=O. The number of rotatable bonds is 5. The number of anilines is 1. The number of carbonyl (C=O) groups excluding carboxylic acids is 1. The summed E-state index contributed by atoms with van der Waals surface area (Å²) in [5, 5.41) is 9.75. The van der Waals surface area contributed by atoms with Crippen molar-refractivity contribution >= 4 is 46.1 Å². The first-order valence-corrected chi connectivity index (χ1v) is 13.0. The summed E-state index contributed by atoms with van der Waals surface area (Å²) in [6.07, 6.45) is 6.11. The van der Waals surface area contributed by atoms with Gasteiger partial charge in [0.1, 0.15) is 27.6 Å². The average molecular weight is 511 g/mol. The number of halogens is 1. The maximum atomic E-state index is 13.3. The van der Waals surface area contributed by atoms with Gasteiger partial charge in [-0.15, -0.1) is 0 Å². The highest BCUT2D eigenvalue weighted by Crippen LogP contribution is 2.37. The van der Waals surface area contributed by atoms with Crippen molar-refractivity contribution in [3.05, 3.63) is 67.6 Å². The van der Waals surface area contributed by atoms with Crippen LogP contribution in [0.25, 0.3) is 6.08 Å². The van der Waals surface area contributed by atoms with Crippen LogP contribution in [0.5, 0.6) is 0 Å². The third-order valence-corrected chi connectivity index (χ3v) is 7.85. The van der Waals surface area contributed by atoms with Gasteiger partial charge in [0.05, 0.1) is 11.4 Å². The van der Waals surface area contributed by atoms with Gasteiger partial charge in [0.25, 0.3) is 11.5 Å². The molecule has 3 heterocycles. The van der Waals surface area contributed by atoms with E-state index in [-0.39, 0.29) is 29.4 Å². The largest absolute Gasteiger partial charge is 0.357 e. The Bertz CT molecular complexity index is 1290. The number of amides is 1. The number of carbonyl (C=O) groups is 1. The van der Waals surface area contributed by atoms with Crippen molar-refractivity contribution in [3.63, 3.8) is 0 Å². The number of hydrogen-bond acceptors (Lipinski definition) is 6. The van der Waals surface area contributed by atoms with E-state index in [1.807, 2.05) is 6.92 Å². The predicted molar refractivity (Wildman–Crippen MR) is 142 cm³/mol. The Morgan fingerprint density at radius 2 is 1.80 bits per heavy atom. The van der Waals surface area contributed by atoms with Crippen molar-refractivity contribution in [1.82, 2.24) is 9.47 Å². The number of pyridine rings is 1. The second-order valence-electron chi connectivity index (χ2n) is 8.69. The van der Waals surface area contributed by atoms with Gasteiger partial charge in [-0.25, -0.2) is 4.39 Å². The van der Waals surface area contributed by atoms with E-state index >= 15 is 0 Å². The van der Waals surface area contributed by atoms with Crippen LogP contribution in [0.2, 0.25) is 0 Å². The lowest BCUT2D eigenvalue weighted by atomic mass is 10.0. The molecular weight excluding hydrogens is 483 g/mol. The van der Waals surface area contributed by atoms with E-state index in [1.165, 1.54) is 28.8 Å². The Labute approximate surface area is 214 Å². The third kappa shape index (κ3) is 5.04. The van der Waals surface area contributed by atoms with Gasteiger partial charge < -0.3 is 4.90 Å². The Hall–Kier alpha value is -2.96. The molecule has 2 aliphatic rings. The van der Waals surface area contributed by atoms with Crippen LogP contribution in [-0.4, -0.2) is 32.8 Å². The van der Waals surface area contributed by atoms with Crippen molar-refractivity contribution in [2.75, 3.05) is 18.0 Å². The molecule has 0 atom stereocenters. The molecule has 0 aliphatic carbocycles. The number of hydrogen-bond donors (Lipinski definition) is 0. The van der Waals surface area contributed by atoms with Crippen LogP contribution < -0.4 is 10.5 Å². The van der Waals surface area contributed by atoms with Gasteiger partial charge in [-0.05, 0) is 56.0 Å². The Morgan fingerprint density at radius 3 is 2.40 bits per heavy atom. The molecule has 9 heteroatoms. The highest BCUT2D eigenvalue weighted by molar-refractivity contribution is 8.26. The lowest BCUT2D eigenvalue weighted by molar-refractivity contribution is -0.122. The lowest BCUT2D eigenvalue weighted by Gasteiger charge is -2.29. The molecule has 35 heavy (non-hydrogen) atoms. The fraction of sp³-hybridized carbons (Fsp3) is 0.385. The molecular formula is C26H27FN4O2S2. The third-order valence-electron chi connectivity index (χ3n) is 6.47. The van der Waals surface area contributed by atoms with Crippen LogP contribution >= 0.6 is 24.0 Å². The summed E-state index contributed by atoms with van der Waals surface area (Å²) < 4.78 is 15.4. The van der Waals surface area contributed by atoms with E-state index in [0.29, 0.717) is 26.9 Å². The zero-order chi connectivity index (χ0) is 25.1. The summed E-state index contributed by atoms with van der Waals surface area (Å²) >= 11 is 6.70. The molecule has 2 aliphatic heterocycles. The van der Waals surface area contributed by atoms with E-state index in [0.717, 1.165) is 50.2 Å². The molecule has 1 amide bonds. The van der Waals surface area contributed by atoms with E-state index in [1.54, 1.807) is 29.7 Å². The van der Waals surface area contributed by atoms with Gasteiger partial charge in [-0.1, -0.05) is 49.0 Å². The summed E-state index contributed by atoms with van der Waals surface area (Å²) in [7, 11) is 0. The Kier molecular flexibility index (Phi) is 7.72. The van der Waals surface area contributed by atoms with E-state index in [2.05, 4.69) is 11.0 Å². The molecule has 2 aromatic rings. The molecule has 182 valence electrons. The van der Waals surface area contributed by atoms with Crippen LogP contribution in [0.3, 0.4) is 0 Å². The molecule has 1 aromatic carbocycles. The zero-order valence-electron chi connectivity index (χ0n) is 19.8. The van der Waals surface area contributed by atoms with E-state index in [9.17, 15) is 19.2 Å². The second kappa shape index (κ2) is 10.8. The number of nitriles is 1. The molecule has 1 aromatic heterocycles. The van der Waals surface area contributed by atoms with E-state index in [4.69, 9.17) is 12.2 Å². The van der Waals surface area contributed by atoms with Crippen molar-refractivity contribution in [1.29, 1.82) is 5.26 Å². The fourth-order valence-electron chi connectivity index (χ4n) is 4.60. The average Bonchev–Trinajstić information content (AvgIpc) is 3.02. The minimum Gasteiger partial charge on any atom is -0.357 e. The topological polar surface area (TPSA) is 69.3 Å². The predicted octanol–water partition coefficient (Wildman–Crippen LogP) is 4.97. The van der Waals surface area contributed by atoms with Crippen molar-refractivity contribution in [3.8, 4) is 6.07 Å². The van der Waals surface area contributed by atoms with E-state index < -0.39 is 0 Å². The summed E-state index contributed by atoms with van der Waals surface area (Å²) in [5.74, 6) is 0.188. The van der Waals surface area contributed by atoms with Crippen LogP contribution in [0, 0.1) is 24.1 Å². The monoisotopic (exact) mass is 510 g/mol. The van der Waals surface area contributed by atoms with Gasteiger partial charge in [0.2, 0.25) is 0 Å². The van der Waals surface area contributed by atoms with Crippen LogP contribution in [0.1, 0.15) is 54.9 Å². The quantitative estimate of drug-likeness (QED) is 0.418. The van der Waals surface area contributed by atoms with Gasteiger partial charge in [0, 0.05) is 25.2 Å². The molecule has 0 N–H and O–H groups in total. The molecule has 0 spiro atoms. The summed E-state index contributed by atoms with van der Waals surface area (Å²) in [6.45, 7) is 5.97. The van der Waals surface area contributed by atoms with Crippen molar-refractivity contribution in [2.45, 2.75) is 52.6 Å². The van der Waals surface area contributed by atoms with Crippen LogP contribution in [0.4, 0.5) is 10.2 Å².